The zero-order valence-electron chi connectivity index (χ0n) is 7.40. The highest BCUT2D eigenvalue weighted by atomic mass is 16.3. The zero-order valence-corrected chi connectivity index (χ0v) is 7.40. The van der Waals surface area contributed by atoms with Crippen molar-refractivity contribution in [3.05, 3.63) is 11.6 Å². The molecule has 13 heavy (non-hydrogen) atoms. The van der Waals surface area contributed by atoms with Gasteiger partial charge in [0.2, 0.25) is 0 Å². The molecule has 72 valence electrons. The van der Waals surface area contributed by atoms with Crippen LogP contribution in [0.3, 0.4) is 0 Å². The van der Waals surface area contributed by atoms with Crippen LogP contribution in [0.5, 0.6) is 0 Å². The Morgan fingerprint density at radius 1 is 1.62 bits per heavy atom. The van der Waals surface area contributed by atoms with Gasteiger partial charge in [0.25, 0.3) is 0 Å². The van der Waals surface area contributed by atoms with E-state index in [1.807, 2.05) is 0 Å². The van der Waals surface area contributed by atoms with Crippen molar-refractivity contribution in [1.29, 1.82) is 0 Å². The molecule has 0 aromatic carbocycles. The van der Waals surface area contributed by atoms with Gasteiger partial charge in [0, 0.05) is 12.5 Å². The van der Waals surface area contributed by atoms with Crippen LogP contribution in [0, 0.1) is 0 Å². The molecule has 1 aromatic rings. The monoisotopic (exact) mass is 182 g/mol. The van der Waals surface area contributed by atoms with Crippen LogP contribution in [0.25, 0.3) is 0 Å². The molecule has 1 atom stereocenters. The Hall–Kier alpha value is -0.940. The van der Waals surface area contributed by atoms with Gasteiger partial charge >= 0.3 is 0 Å². The van der Waals surface area contributed by atoms with Gasteiger partial charge in [-0.3, -0.25) is 5.10 Å². The van der Waals surface area contributed by atoms with E-state index in [0.717, 1.165) is 5.82 Å². The number of hydrogen-bond donors (Lipinski definition) is 3. The van der Waals surface area contributed by atoms with Gasteiger partial charge in [0.15, 0.2) is 5.82 Å². The fourth-order valence-corrected chi connectivity index (χ4v) is 1.26. The number of aliphatic hydroxyl groups is 1. The van der Waals surface area contributed by atoms with Crippen LogP contribution in [0.15, 0.2) is 0 Å². The van der Waals surface area contributed by atoms with E-state index in [4.69, 9.17) is 10.8 Å². The standard InChI is InChI=1S/C8H14N4O/c9-6(3-4-13)8-10-7(11-12-8)5-1-2-5/h5-6,13H,1-4,9H2,(H,10,11,12). The third-order valence-corrected chi connectivity index (χ3v) is 2.26. The van der Waals surface area contributed by atoms with Gasteiger partial charge in [-0.2, -0.15) is 5.10 Å². The summed E-state index contributed by atoms with van der Waals surface area (Å²) in [7, 11) is 0. The van der Waals surface area contributed by atoms with E-state index in [9.17, 15) is 0 Å². The number of aliphatic hydroxyl groups excluding tert-OH is 1. The molecule has 0 bridgehead atoms. The van der Waals surface area contributed by atoms with Crippen molar-refractivity contribution in [2.24, 2.45) is 5.73 Å². The Kier molecular flexibility index (Phi) is 2.28. The summed E-state index contributed by atoms with van der Waals surface area (Å²) < 4.78 is 0. The largest absolute Gasteiger partial charge is 0.396 e. The lowest BCUT2D eigenvalue weighted by Crippen LogP contribution is -2.13. The van der Waals surface area contributed by atoms with Crippen LogP contribution in [-0.4, -0.2) is 26.9 Å². The zero-order chi connectivity index (χ0) is 9.26. The molecule has 2 rings (SSSR count). The minimum absolute atomic E-state index is 0.0778. The molecule has 1 aromatic heterocycles. The first-order valence-electron chi connectivity index (χ1n) is 4.60. The molecule has 4 N–H and O–H groups in total. The fraction of sp³-hybridized carbons (Fsp3) is 0.750. The van der Waals surface area contributed by atoms with Crippen LogP contribution < -0.4 is 5.73 Å². The molecule has 5 nitrogen and oxygen atoms in total. The van der Waals surface area contributed by atoms with Crippen molar-refractivity contribution >= 4 is 0 Å². The number of nitrogens with zero attached hydrogens (tertiary/aromatic N) is 2. The predicted octanol–water partition coefficient (Wildman–Crippen LogP) is 0.0643. The van der Waals surface area contributed by atoms with Crippen LogP contribution in [0.2, 0.25) is 0 Å². The van der Waals surface area contributed by atoms with E-state index in [1.54, 1.807) is 0 Å². The lowest BCUT2D eigenvalue weighted by molar-refractivity contribution is 0.274. The molecule has 1 unspecified atom stereocenters. The maximum Gasteiger partial charge on any atom is 0.167 e. The lowest BCUT2D eigenvalue weighted by Gasteiger charge is -2.02. The van der Waals surface area contributed by atoms with Gasteiger partial charge in [-0.25, -0.2) is 4.98 Å². The fourth-order valence-electron chi connectivity index (χ4n) is 1.26. The molecule has 0 radical (unpaired) electrons. The number of hydrogen-bond acceptors (Lipinski definition) is 4. The quantitative estimate of drug-likeness (QED) is 0.614. The second-order valence-electron chi connectivity index (χ2n) is 3.47. The summed E-state index contributed by atoms with van der Waals surface area (Å²) in [4.78, 5) is 4.29. The van der Waals surface area contributed by atoms with Crippen LogP contribution in [0.1, 0.15) is 42.9 Å². The Labute approximate surface area is 76.4 Å². The highest BCUT2D eigenvalue weighted by Gasteiger charge is 2.27. The van der Waals surface area contributed by atoms with Gasteiger partial charge < -0.3 is 10.8 Å². The normalized spacial score (nSPS) is 18.9. The maximum atomic E-state index is 8.68. The van der Waals surface area contributed by atoms with Gasteiger partial charge in [0.1, 0.15) is 5.82 Å². The molecule has 0 amide bonds. The van der Waals surface area contributed by atoms with Gasteiger partial charge in [0.05, 0.1) is 6.04 Å². The summed E-state index contributed by atoms with van der Waals surface area (Å²) in [6.07, 6.45) is 2.91. The first-order valence-corrected chi connectivity index (χ1v) is 4.60. The second-order valence-corrected chi connectivity index (χ2v) is 3.47. The van der Waals surface area contributed by atoms with E-state index < -0.39 is 0 Å². The highest BCUT2D eigenvalue weighted by molar-refractivity contribution is 5.06. The van der Waals surface area contributed by atoms with E-state index in [2.05, 4.69) is 15.2 Å². The van der Waals surface area contributed by atoms with Crippen LogP contribution in [0.4, 0.5) is 0 Å². The minimum Gasteiger partial charge on any atom is -0.396 e. The number of aromatic nitrogens is 3. The highest BCUT2D eigenvalue weighted by Crippen LogP contribution is 2.37. The van der Waals surface area contributed by atoms with E-state index in [-0.39, 0.29) is 12.6 Å². The van der Waals surface area contributed by atoms with Crippen LogP contribution in [-0.2, 0) is 0 Å². The number of aromatic amines is 1. The Balaban J connectivity index is 2.03. The van der Waals surface area contributed by atoms with Gasteiger partial charge in [-0.1, -0.05) is 0 Å². The van der Waals surface area contributed by atoms with Gasteiger partial charge in [-0.05, 0) is 19.3 Å². The summed E-state index contributed by atoms with van der Waals surface area (Å²) in [6, 6.07) is -0.242. The van der Waals surface area contributed by atoms with Crippen molar-refractivity contribution in [1.82, 2.24) is 15.2 Å². The maximum absolute atomic E-state index is 8.68. The van der Waals surface area contributed by atoms with Gasteiger partial charge in [-0.15, -0.1) is 0 Å². The summed E-state index contributed by atoms with van der Waals surface area (Å²) in [5.41, 5.74) is 5.73. The molecular weight excluding hydrogens is 168 g/mol. The van der Waals surface area contributed by atoms with Crippen molar-refractivity contribution < 1.29 is 5.11 Å². The summed E-state index contributed by atoms with van der Waals surface area (Å²) in [5.74, 6) is 2.14. The van der Waals surface area contributed by atoms with E-state index >= 15 is 0 Å². The van der Waals surface area contributed by atoms with Crippen molar-refractivity contribution in [3.8, 4) is 0 Å². The van der Waals surface area contributed by atoms with Crippen molar-refractivity contribution in [3.63, 3.8) is 0 Å². The van der Waals surface area contributed by atoms with E-state index in [0.29, 0.717) is 18.2 Å². The summed E-state index contributed by atoms with van der Waals surface area (Å²) in [6.45, 7) is 0.0778. The molecule has 1 aliphatic rings. The average Bonchev–Trinajstić information content (AvgIpc) is 2.84. The molecular formula is C8H14N4O. The van der Waals surface area contributed by atoms with Crippen molar-refractivity contribution in [2.45, 2.75) is 31.2 Å². The molecule has 0 spiro atoms. The third kappa shape index (κ3) is 1.87. The molecule has 1 saturated carbocycles. The number of nitrogens with two attached hydrogens (primary N) is 1. The number of rotatable bonds is 4. The predicted molar refractivity (Wildman–Crippen MR) is 47.0 cm³/mol. The topological polar surface area (TPSA) is 87.8 Å². The van der Waals surface area contributed by atoms with Crippen LogP contribution >= 0.6 is 0 Å². The average molecular weight is 182 g/mol. The smallest absolute Gasteiger partial charge is 0.167 e. The van der Waals surface area contributed by atoms with Crippen molar-refractivity contribution in [2.75, 3.05) is 6.61 Å². The second kappa shape index (κ2) is 3.43. The van der Waals surface area contributed by atoms with E-state index in [1.165, 1.54) is 12.8 Å². The minimum atomic E-state index is -0.242. The first-order chi connectivity index (χ1) is 6.31. The summed E-state index contributed by atoms with van der Waals surface area (Å²) in [5, 5.41) is 15.6. The molecule has 5 heteroatoms. The SMILES string of the molecule is NC(CCO)c1n[nH]c(C2CC2)n1. The third-order valence-electron chi connectivity index (χ3n) is 2.26. The first kappa shape index (κ1) is 8.65. The summed E-state index contributed by atoms with van der Waals surface area (Å²) >= 11 is 0. The molecule has 1 heterocycles. The lowest BCUT2D eigenvalue weighted by atomic mass is 10.2. The molecule has 1 fully saturated rings. The molecule has 0 saturated heterocycles. The Morgan fingerprint density at radius 2 is 2.38 bits per heavy atom. The Bertz CT molecular complexity index is 281. The molecule has 0 aliphatic heterocycles. The number of H-pyrrole nitrogens is 1. The molecule has 1 aliphatic carbocycles. The number of nitrogens with one attached hydrogen (secondary N) is 1. The Morgan fingerprint density at radius 3 is 3.00 bits per heavy atom.